The number of methoxy groups -OCH3 is 3. The lowest BCUT2D eigenvalue weighted by Gasteiger charge is -2.34. The zero-order valence-corrected chi connectivity index (χ0v) is 21.5. The molecule has 0 saturated heterocycles. The van der Waals surface area contributed by atoms with Crippen molar-refractivity contribution in [2.75, 3.05) is 21.3 Å². The fourth-order valence-electron chi connectivity index (χ4n) is 5.98. The highest BCUT2D eigenvalue weighted by Gasteiger charge is 2.56. The average Bonchev–Trinajstić information content (AvgIpc) is 3.22. The highest BCUT2D eigenvalue weighted by atomic mass is 19.2. The summed E-state index contributed by atoms with van der Waals surface area (Å²) in [6, 6.07) is 3.70. The molecule has 2 aliphatic rings. The molecule has 0 aliphatic carbocycles. The molecule has 0 atom stereocenters. The molecule has 182 valence electrons. The van der Waals surface area contributed by atoms with Crippen LogP contribution in [0, 0.1) is 13.8 Å². The lowest BCUT2D eigenvalue weighted by atomic mass is 9.83. The maximum atomic E-state index is 16.4. The number of allylic oxidation sites excluding steroid dienone is 2. The van der Waals surface area contributed by atoms with Gasteiger partial charge in [0.15, 0.2) is 17.2 Å². The molecule has 2 aromatic rings. The molecular weight excluding hydrogens is 437 g/mol. The molecule has 4 rings (SSSR count). The third kappa shape index (κ3) is 3.00. The van der Waals surface area contributed by atoms with E-state index in [0.717, 1.165) is 33.4 Å². The largest absolute Gasteiger partial charge is 0.737 e. The second-order valence-corrected chi connectivity index (χ2v) is 8.90. The van der Waals surface area contributed by atoms with Crippen molar-refractivity contribution >= 4 is 18.3 Å². The van der Waals surface area contributed by atoms with Crippen LogP contribution in [0.1, 0.15) is 62.2 Å². The molecule has 0 spiro atoms. The van der Waals surface area contributed by atoms with Gasteiger partial charge < -0.3 is 31.8 Å². The van der Waals surface area contributed by atoms with Crippen molar-refractivity contribution in [3.63, 3.8) is 0 Å². The summed E-state index contributed by atoms with van der Waals surface area (Å²) in [7, 11) is 4.67. The first-order chi connectivity index (χ1) is 16.1. The van der Waals surface area contributed by atoms with Gasteiger partial charge in [0.25, 0.3) is 0 Å². The van der Waals surface area contributed by atoms with Crippen molar-refractivity contribution < 1.29 is 27.3 Å². The summed E-state index contributed by atoms with van der Waals surface area (Å²) in [5.74, 6) is 1.44. The van der Waals surface area contributed by atoms with Crippen LogP contribution in [0.2, 0.25) is 0 Å². The molecule has 0 N–H and O–H groups in total. The molecule has 1 aromatic heterocycles. The van der Waals surface area contributed by atoms with Crippen LogP contribution in [0.4, 0.5) is 8.63 Å². The summed E-state index contributed by atoms with van der Waals surface area (Å²) in [4.78, 5) is 0. The number of rotatable bonds is 6. The number of halogens is 2. The molecule has 2 aliphatic heterocycles. The van der Waals surface area contributed by atoms with Crippen molar-refractivity contribution in [3.05, 3.63) is 57.1 Å². The molecule has 1 aromatic carbocycles. The van der Waals surface area contributed by atoms with Crippen molar-refractivity contribution in [1.82, 2.24) is 4.48 Å². The maximum absolute atomic E-state index is 16.4. The zero-order chi connectivity index (χ0) is 25.1. The van der Waals surface area contributed by atoms with Crippen LogP contribution in [0.5, 0.6) is 17.2 Å². The topological polar surface area (TPSA) is 35.6 Å². The Morgan fingerprint density at radius 3 is 1.97 bits per heavy atom. The van der Waals surface area contributed by atoms with Gasteiger partial charge in [-0.15, -0.1) is 0 Å². The Hall–Kier alpha value is -3.03. The summed E-state index contributed by atoms with van der Waals surface area (Å²) in [5, 5.41) is 0. The van der Waals surface area contributed by atoms with Crippen molar-refractivity contribution in [1.29, 1.82) is 0 Å². The van der Waals surface area contributed by atoms with Gasteiger partial charge in [-0.3, -0.25) is 0 Å². The highest BCUT2D eigenvalue weighted by molar-refractivity contribution is 6.58. The standard InChI is InChI=1S/C26H33BF2N2O3/c1-10-19-14(3)24-23(18-12-21(32-7)26(34-9)22(13-18)33-8)25-15(4)20(11-2)17(6)31(25)27(28,29)30(24)16(19)5/h12-13H,10-11H2,1-9H3. The van der Waals surface area contributed by atoms with E-state index in [2.05, 4.69) is 0 Å². The minimum Gasteiger partial charge on any atom is -0.493 e. The monoisotopic (exact) mass is 470 g/mol. The van der Waals surface area contributed by atoms with E-state index in [9.17, 15) is 0 Å². The van der Waals surface area contributed by atoms with Crippen LogP contribution in [0.3, 0.4) is 0 Å². The van der Waals surface area contributed by atoms with Crippen LogP contribution in [-0.2, 0) is 6.42 Å². The Balaban J connectivity index is 2.23. The number of ether oxygens (including phenoxy) is 3. The van der Waals surface area contributed by atoms with Crippen LogP contribution in [-0.4, -0.2) is 43.0 Å². The Kier molecular flexibility index (Phi) is 5.90. The fraction of sp³-hybridized carbons (Fsp3) is 0.423. The van der Waals surface area contributed by atoms with E-state index in [1.165, 1.54) is 8.96 Å². The maximum Gasteiger partial charge on any atom is 0.737 e. The molecule has 0 bridgehead atoms. The number of nitrogens with zero attached hydrogens (tertiary/aromatic N) is 2. The average molecular weight is 470 g/mol. The molecule has 0 unspecified atom stereocenters. The molecule has 5 nitrogen and oxygen atoms in total. The van der Waals surface area contributed by atoms with Gasteiger partial charge in [-0.2, -0.15) is 0 Å². The van der Waals surface area contributed by atoms with E-state index in [1.807, 2.05) is 39.8 Å². The minimum absolute atomic E-state index is 0.467. The van der Waals surface area contributed by atoms with E-state index >= 15 is 8.63 Å². The molecule has 0 saturated carbocycles. The van der Waals surface area contributed by atoms with E-state index in [1.54, 1.807) is 35.2 Å². The molecular formula is C26H33BF2N2O3. The summed E-state index contributed by atoms with van der Waals surface area (Å²) in [6.07, 6.45) is 1.36. The van der Waals surface area contributed by atoms with Gasteiger partial charge >= 0.3 is 6.97 Å². The van der Waals surface area contributed by atoms with Crippen LogP contribution < -0.4 is 14.2 Å². The Labute approximate surface area is 200 Å². The second-order valence-electron chi connectivity index (χ2n) is 8.90. The molecule has 0 fully saturated rings. The van der Waals surface area contributed by atoms with Gasteiger partial charge in [0.2, 0.25) is 5.75 Å². The van der Waals surface area contributed by atoms with Gasteiger partial charge in [-0.05, 0) is 68.1 Å². The van der Waals surface area contributed by atoms with Gasteiger partial charge in [0.1, 0.15) is 5.71 Å². The smallest absolute Gasteiger partial charge is 0.493 e. The third-order valence-electron chi connectivity index (χ3n) is 7.45. The second kappa shape index (κ2) is 8.33. The molecule has 0 radical (unpaired) electrons. The van der Waals surface area contributed by atoms with Crippen LogP contribution >= 0.6 is 0 Å². The normalized spacial score (nSPS) is 16.8. The SMILES string of the molecule is CCC1=C(C)C2=C(c3cc(OC)c(OC)c(OC)c3)c3c(C)c(CC)c(C)n3[B-](F)(F)[N+]2=C1C. The molecule has 0 amide bonds. The summed E-state index contributed by atoms with van der Waals surface area (Å²) < 4.78 is 52.0. The quantitative estimate of drug-likeness (QED) is 0.493. The van der Waals surface area contributed by atoms with Crippen molar-refractivity contribution in [3.8, 4) is 17.2 Å². The fourth-order valence-corrected chi connectivity index (χ4v) is 5.98. The third-order valence-corrected chi connectivity index (χ3v) is 7.45. The first-order valence-corrected chi connectivity index (χ1v) is 11.7. The van der Waals surface area contributed by atoms with Crippen LogP contribution in [0.15, 0.2) is 29.0 Å². The van der Waals surface area contributed by atoms with E-state index in [0.29, 0.717) is 52.9 Å². The van der Waals surface area contributed by atoms with Gasteiger partial charge in [0, 0.05) is 23.8 Å². The van der Waals surface area contributed by atoms with E-state index in [-0.39, 0.29) is 0 Å². The number of hydrogen-bond donors (Lipinski definition) is 0. The summed E-state index contributed by atoms with van der Waals surface area (Å²) in [6.45, 7) is 7.45. The van der Waals surface area contributed by atoms with Gasteiger partial charge in [-0.25, -0.2) is 0 Å². The number of fused-ring (bicyclic) bond motifs is 2. The predicted molar refractivity (Wildman–Crippen MR) is 133 cm³/mol. The van der Waals surface area contributed by atoms with E-state index in [4.69, 9.17) is 14.2 Å². The zero-order valence-electron chi connectivity index (χ0n) is 21.5. The molecule has 8 heteroatoms. The molecule has 3 heterocycles. The lowest BCUT2D eigenvalue weighted by Crippen LogP contribution is -2.51. The first-order valence-electron chi connectivity index (χ1n) is 11.7. The van der Waals surface area contributed by atoms with Crippen molar-refractivity contribution in [2.45, 2.75) is 54.4 Å². The Morgan fingerprint density at radius 1 is 0.912 bits per heavy atom. The van der Waals surface area contributed by atoms with Gasteiger partial charge in [-0.1, -0.05) is 13.8 Å². The predicted octanol–water partition coefficient (Wildman–Crippen LogP) is 5.90. The van der Waals surface area contributed by atoms with Gasteiger partial charge in [0.05, 0.1) is 26.9 Å². The first kappa shape index (κ1) is 24.1. The molecule has 34 heavy (non-hydrogen) atoms. The summed E-state index contributed by atoms with van der Waals surface area (Å²) in [5.41, 5.74) is 7.52. The number of hydrogen-bond acceptors (Lipinski definition) is 3. The number of aromatic nitrogens is 1. The minimum atomic E-state index is -4.07. The van der Waals surface area contributed by atoms with Crippen LogP contribution in [0.25, 0.3) is 5.57 Å². The summed E-state index contributed by atoms with van der Waals surface area (Å²) >= 11 is 0. The Bertz CT molecular complexity index is 1280. The highest BCUT2D eigenvalue weighted by Crippen LogP contribution is 2.49. The Morgan fingerprint density at radius 2 is 1.50 bits per heavy atom. The lowest BCUT2D eigenvalue weighted by molar-refractivity contribution is -0.363. The van der Waals surface area contributed by atoms with Crippen molar-refractivity contribution in [2.24, 2.45) is 0 Å². The van der Waals surface area contributed by atoms with E-state index < -0.39 is 6.97 Å². The number of benzene rings is 1.